The summed E-state index contributed by atoms with van der Waals surface area (Å²) >= 11 is 6.04. The van der Waals surface area contributed by atoms with E-state index in [0.717, 1.165) is 0 Å². The van der Waals surface area contributed by atoms with Crippen molar-refractivity contribution in [2.75, 3.05) is 29.0 Å². The van der Waals surface area contributed by atoms with E-state index in [2.05, 4.69) is 25.5 Å². The van der Waals surface area contributed by atoms with Crippen molar-refractivity contribution in [3.63, 3.8) is 0 Å². The van der Waals surface area contributed by atoms with Crippen LogP contribution < -0.4 is 16.0 Å². The fourth-order valence-corrected chi connectivity index (χ4v) is 2.67. The normalized spacial score (nSPS) is 21.1. The van der Waals surface area contributed by atoms with Gasteiger partial charge in [0.15, 0.2) is 11.6 Å². The molecule has 1 aliphatic heterocycles. The van der Waals surface area contributed by atoms with Crippen molar-refractivity contribution in [1.29, 1.82) is 0 Å². The Morgan fingerprint density at radius 2 is 2.32 bits per heavy atom. The van der Waals surface area contributed by atoms with Crippen LogP contribution in [-0.4, -0.2) is 45.5 Å². The fourth-order valence-electron chi connectivity index (χ4n) is 2.50. The van der Waals surface area contributed by atoms with Crippen LogP contribution in [0.5, 0.6) is 0 Å². The van der Waals surface area contributed by atoms with E-state index < -0.39 is 6.17 Å². The van der Waals surface area contributed by atoms with Gasteiger partial charge in [-0.3, -0.25) is 0 Å². The highest BCUT2D eigenvalue weighted by atomic mass is 35.5. The quantitative estimate of drug-likeness (QED) is 0.881. The smallest absolute Gasteiger partial charge is 0.151 e. The van der Waals surface area contributed by atoms with Gasteiger partial charge >= 0.3 is 0 Å². The van der Waals surface area contributed by atoms with E-state index in [9.17, 15) is 4.39 Å². The first-order chi connectivity index (χ1) is 10.6. The first-order valence-corrected chi connectivity index (χ1v) is 7.21. The lowest BCUT2D eigenvalue weighted by Gasteiger charge is -2.25. The average molecular weight is 324 g/mol. The molecule has 3 heterocycles. The molecular formula is C13H15ClFN7. The third kappa shape index (κ3) is 3.01. The van der Waals surface area contributed by atoms with Crippen LogP contribution in [0.2, 0.25) is 5.02 Å². The molecule has 2 aromatic heterocycles. The van der Waals surface area contributed by atoms with E-state index in [-0.39, 0.29) is 16.9 Å². The molecule has 22 heavy (non-hydrogen) atoms. The predicted octanol–water partition coefficient (Wildman–Crippen LogP) is 1.53. The lowest BCUT2D eigenvalue weighted by molar-refractivity contribution is 0.357. The molecule has 9 heteroatoms. The van der Waals surface area contributed by atoms with Crippen molar-refractivity contribution in [2.45, 2.75) is 18.6 Å². The summed E-state index contributed by atoms with van der Waals surface area (Å²) in [6.07, 6.45) is 2.42. The Labute approximate surface area is 131 Å². The highest BCUT2D eigenvalue weighted by Crippen LogP contribution is 2.27. The van der Waals surface area contributed by atoms with Gasteiger partial charge in [-0.2, -0.15) is 5.10 Å². The lowest BCUT2D eigenvalue weighted by Crippen LogP contribution is -2.35. The van der Waals surface area contributed by atoms with Gasteiger partial charge in [0.1, 0.15) is 23.3 Å². The molecule has 0 saturated carbocycles. The minimum Gasteiger partial charge on any atom is -0.382 e. The second-order valence-electron chi connectivity index (χ2n) is 5.02. The third-order valence-electron chi connectivity index (χ3n) is 3.54. The summed E-state index contributed by atoms with van der Waals surface area (Å²) in [6.45, 7) is 0.762. The molecule has 3 rings (SSSR count). The molecule has 0 aliphatic carbocycles. The number of nitrogens with zero attached hydrogens (tertiary/aromatic N) is 5. The number of alkyl halides is 1. The van der Waals surface area contributed by atoms with Gasteiger partial charge in [0.05, 0.1) is 12.6 Å². The van der Waals surface area contributed by atoms with E-state index in [0.29, 0.717) is 31.1 Å². The Balaban J connectivity index is 1.72. The minimum absolute atomic E-state index is 0.0704. The molecule has 0 radical (unpaired) electrons. The van der Waals surface area contributed by atoms with Gasteiger partial charge in [-0.05, 0) is 12.1 Å². The summed E-state index contributed by atoms with van der Waals surface area (Å²) in [5.74, 6) is 1.30. The predicted molar refractivity (Wildman–Crippen MR) is 82.6 cm³/mol. The topological polar surface area (TPSA) is 92.8 Å². The number of halogens is 2. The summed E-state index contributed by atoms with van der Waals surface area (Å²) in [7, 11) is 0. The van der Waals surface area contributed by atoms with Crippen LogP contribution in [0, 0.1) is 0 Å². The van der Waals surface area contributed by atoms with Gasteiger partial charge in [0.2, 0.25) is 0 Å². The number of nitrogen functional groups attached to an aromatic ring is 1. The van der Waals surface area contributed by atoms with Crippen LogP contribution in [0.1, 0.15) is 6.42 Å². The maximum Gasteiger partial charge on any atom is 0.151 e. The number of anilines is 3. The lowest BCUT2D eigenvalue weighted by atomic mass is 10.2. The molecule has 0 bridgehead atoms. The number of nitrogens with one attached hydrogen (secondary N) is 1. The minimum atomic E-state index is -0.903. The first kappa shape index (κ1) is 14.7. The third-order valence-corrected chi connectivity index (χ3v) is 3.91. The van der Waals surface area contributed by atoms with Gasteiger partial charge in [0.25, 0.3) is 0 Å². The van der Waals surface area contributed by atoms with Crippen molar-refractivity contribution >= 4 is 29.1 Å². The molecule has 1 fully saturated rings. The van der Waals surface area contributed by atoms with E-state index in [4.69, 9.17) is 17.3 Å². The number of aromatic nitrogens is 4. The van der Waals surface area contributed by atoms with E-state index in [1.807, 2.05) is 11.0 Å². The Bertz CT molecular complexity index is 642. The Morgan fingerprint density at radius 1 is 1.45 bits per heavy atom. The van der Waals surface area contributed by atoms with Crippen LogP contribution >= 0.6 is 11.6 Å². The number of nitrogens with two attached hydrogens (primary N) is 1. The average Bonchev–Trinajstić information content (AvgIpc) is 2.91. The second kappa shape index (κ2) is 6.27. The number of rotatable bonds is 4. The van der Waals surface area contributed by atoms with Crippen LogP contribution in [0.25, 0.3) is 0 Å². The van der Waals surface area contributed by atoms with Crippen molar-refractivity contribution in [3.8, 4) is 0 Å². The van der Waals surface area contributed by atoms with Crippen molar-refractivity contribution < 1.29 is 4.39 Å². The summed E-state index contributed by atoms with van der Waals surface area (Å²) < 4.78 is 13.8. The summed E-state index contributed by atoms with van der Waals surface area (Å²) in [6, 6.07) is 3.52. The van der Waals surface area contributed by atoms with Gasteiger partial charge in [-0.25, -0.2) is 14.4 Å². The van der Waals surface area contributed by atoms with Crippen LogP contribution in [0.15, 0.2) is 24.7 Å². The summed E-state index contributed by atoms with van der Waals surface area (Å²) in [4.78, 5) is 9.73. The Hall–Kier alpha value is -2.22. The second-order valence-corrected chi connectivity index (χ2v) is 5.40. The van der Waals surface area contributed by atoms with Crippen molar-refractivity contribution in [3.05, 3.63) is 29.7 Å². The molecule has 7 nitrogen and oxygen atoms in total. The standard InChI is InChI=1S/C13H15ClFN7/c14-11-12(16)18-7-19-13(11)17-5-9-4-8(15)6-22(9)10-2-1-3-20-21-10/h1-3,7-9H,4-6H2,(H3,16,17,18,19)/t8-,9-/m0/s1. The maximum atomic E-state index is 13.8. The zero-order chi connectivity index (χ0) is 15.5. The molecular weight excluding hydrogens is 309 g/mol. The van der Waals surface area contributed by atoms with Crippen LogP contribution in [0.4, 0.5) is 21.8 Å². The molecule has 3 N–H and O–H groups in total. The van der Waals surface area contributed by atoms with Gasteiger partial charge in [0, 0.05) is 19.2 Å². The SMILES string of the molecule is Nc1ncnc(NC[C@@H]2C[C@H](F)CN2c2cccnn2)c1Cl. The molecule has 0 amide bonds. The van der Waals surface area contributed by atoms with E-state index in [1.165, 1.54) is 6.33 Å². The molecule has 0 spiro atoms. The summed E-state index contributed by atoms with van der Waals surface area (Å²) in [5.41, 5.74) is 5.63. The molecule has 1 saturated heterocycles. The number of hydrogen-bond acceptors (Lipinski definition) is 7. The summed E-state index contributed by atoms with van der Waals surface area (Å²) in [5, 5.41) is 11.2. The largest absolute Gasteiger partial charge is 0.382 e. The fraction of sp³-hybridized carbons (Fsp3) is 0.385. The Kier molecular flexibility index (Phi) is 4.19. The molecule has 1 aliphatic rings. The molecule has 0 unspecified atom stereocenters. The molecule has 0 aromatic carbocycles. The zero-order valence-corrected chi connectivity index (χ0v) is 12.4. The van der Waals surface area contributed by atoms with Crippen LogP contribution in [-0.2, 0) is 0 Å². The Morgan fingerprint density at radius 3 is 3.09 bits per heavy atom. The monoisotopic (exact) mass is 323 g/mol. The highest BCUT2D eigenvalue weighted by molar-refractivity contribution is 6.35. The molecule has 2 aromatic rings. The number of hydrogen-bond donors (Lipinski definition) is 2. The molecule has 116 valence electrons. The van der Waals surface area contributed by atoms with Crippen molar-refractivity contribution in [2.24, 2.45) is 0 Å². The van der Waals surface area contributed by atoms with Gasteiger partial charge < -0.3 is 16.0 Å². The highest BCUT2D eigenvalue weighted by Gasteiger charge is 2.33. The van der Waals surface area contributed by atoms with Crippen LogP contribution in [0.3, 0.4) is 0 Å². The van der Waals surface area contributed by atoms with E-state index >= 15 is 0 Å². The van der Waals surface area contributed by atoms with Crippen molar-refractivity contribution in [1.82, 2.24) is 20.2 Å². The molecule has 2 atom stereocenters. The van der Waals surface area contributed by atoms with Gasteiger partial charge in [-0.15, -0.1) is 5.10 Å². The zero-order valence-electron chi connectivity index (χ0n) is 11.7. The van der Waals surface area contributed by atoms with Gasteiger partial charge in [-0.1, -0.05) is 11.6 Å². The van der Waals surface area contributed by atoms with E-state index in [1.54, 1.807) is 12.3 Å². The first-order valence-electron chi connectivity index (χ1n) is 6.83. The maximum absolute atomic E-state index is 13.8.